The molecular weight excluding hydrogens is 454 g/mol. The fourth-order valence-corrected chi connectivity index (χ4v) is 6.45. The smallest absolute Gasteiger partial charge is 0.243 e. The van der Waals surface area contributed by atoms with Crippen LogP contribution >= 0.6 is 11.3 Å². The molecule has 2 heterocycles. The molecule has 8 heteroatoms. The molecule has 0 bridgehead atoms. The molecule has 1 atom stereocenters. The molecule has 1 saturated heterocycles. The van der Waals surface area contributed by atoms with Crippen LogP contribution in [0.3, 0.4) is 0 Å². The van der Waals surface area contributed by atoms with E-state index in [4.69, 9.17) is 9.73 Å². The van der Waals surface area contributed by atoms with Gasteiger partial charge in [-0.15, -0.1) is 11.3 Å². The first kappa shape index (κ1) is 23.9. The highest BCUT2D eigenvalue weighted by molar-refractivity contribution is 7.89. The Morgan fingerprint density at radius 1 is 1.09 bits per heavy atom. The molecule has 0 saturated carbocycles. The highest BCUT2D eigenvalue weighted by atomic mass is 32.2. The van der Waals surface area contributed by atoms with Gasteiger partial charge in [-0.05, 0) is 49.6 Å². The number of ether oxygens (including phenoxy) is 1. The van der Waals surface area contributed by atoms with Gasteiger partial charge in [0.1, 0.15) is 0 Å². The summed E-state index contributed by atoms with van der Waals surface area (Å²) in [6.07, 6.45) is 2.28. The summed E-state index contributed by atoms with van der Waals surface area (Å²) in [4.78, 5) is 6.12. The van der Waals surface area contributed by atoms with Crippen molar-refractivity contribution in [1.29, 1.82) is 0 Å². The summed E-state index contributed by atoms with van der Waals surface area (Å²) in [5.41, 5.74) is 4.10. The molecule has 0 radical (unpaired) electrons. The van der Waals surface area contributed by atoms with E-state index in [1.165, 1.54) is 9.87 Å². The predicted octanol–water partition coefficient (Wildman–Crippen LogP) is 4.97. The molecule has 176 valence electrons. The Hall–Kier alpha value is -2.26. The lowest BCUT2D eigenvalue weighted by atomic mass is 10.1. The van der Waals surface area contributed by atoms with Crippen molar-refractivity contribution in [3.05, 3.63) is 64.3 Å². The van der Waals surface area contributed by atoms with Crippen molar-refractivity contribution < 1.29 is 13.2 Å². The zero-order valence-corrected chi connectivity index (χ0v) is 21.0. The standard InChI is InChI=1S/C25H31N3O3S2/c1-4-27(5-2)33(29,30)23-14-10-20(11-15-23)24-18-32-25(26-21-12-8-19(3)9-13-21)28(24)17-22-7-6-16-31-22/h8-15,18,22H,4-7,16-17H2,1-3H3. The van der Waals surface area contributed by atoms with E-state index in [-0.39, 0.29) is 6.10 Å². The Labute approximate surface area is 200 Å². The quantitative estimate of drug-likeness (QED) is 0.453. The Bertz CT molecular complexity index is 1230. The van der Waals surface area contributed by atoms with Crippen LogP contribution in [0.2, 0.25) is 0 Å². The largest absolute Gasteiger partial charge is 0.376 e. The molecule has 1 fully saturated rings. The topological polar surface area (TPSA) is 63.9 Å². The lowest BCUT2D eigenvalue weighted by Crippen LogP contribution is -2.30. The molecular formula is C25H31N3O3S2. The van der Waals surface area contributed by atoms with Gasteiger partial charge in [-0.2, -0.15) is 4.31 Å². The van der Waals surface area contributed by atoms with Gasteiger partial charge in [-0.25, -0.2) is 13.4 Å². The first-order chi connectivity index (χ1) is 15.9. The third-order valence-corrected chi connectivity index (χ3v) is 8.89. The number of sulfonamides is 1. The summed E-state index contributed by atoms with van der Waals surface area (Å²) >= 11 is 1.59. The molecule has 4 rings (SSSR count). The predicted molar refractivity (Wildman–Crippen MR) is 133 cm³/mol. The molecule has 0 spiro atoms. The van der Waals surface area contributed by atoms with E-state index in [9.17, 15) is 8.42 Å². The van der Waals surface area contributed by atoms with Crippen molar-refractivity contribution in [3.63, 3.8) is 0 Å². The number of thiazole rings is 1. The second kappa shape index (κ2) is 10.3. The van der Waals surface area contributed by atoms with E-state index < -0.39 is 10.0 Å². The fourth-order valence-electron chi connectivity index (χ4n) is 4.06. The SMILES string of the molecule is CCN(CC)S(=O)(=O)c1ccc(-c2csc(=Nc3ccc(C)cc3)n2CC2CCCO2)cc1. The van der Waals surface area contributed by atoms with Gasteiger partial charge in [-0.3, -0.25) is 0 Å². The van der Waals surface area contributed by atoms with Gasteiger partial charge in [0.25, 0.3) is 0 Å². The summed E-state index contributed by atoms with van der Waals surface area (Å²) in [6.45, 7) is 8.21. The second-order valence-electron chi connectivity index (χ2n) is 8.21. The van der Waals surface area contributed by atoms with E-state index in [0.717, 1.165) is 47.7 Å². The van der Waals surface area contributed by atoms with Crippen LogP contribution in [0, 0.1) is 6.92 Å². The van der Waals surface area contributed by atoms with Crippen molar-refractivity contribution in [1.82, 2.24) is 8.87 Å². The van der Waals surface area contributed by atoms with Crippen molar-refractivity contribution in [2.45, 2.75) is 51.2 Å². The zero-order chi connectivity index (χ0) is 23.4. The zero-order valence-electron chi connectivity index (χ0n) is 19.4. The van der Waals surface area contributed by atoms with Gasteiger partial charge in [0, 0.05) is 25.1 Å². The molecule has 1 aliphatic rings. The number of nitrogens with zero attached hydrogens (tertiary/aromatic N) is 3. The molecule has 1 aliphatic heterocycles. The Balaban J connectivity index is 1.72. The first-order valence-corrected chi connectivity index (χ1v) is 13.8. The minimum absolute atomic E-state index is 0.164. The molecule has 2 aromatic carbocycles. The maximum atomic E-state index is 12.9. The van der Waals surface area contributed by atoms with Crippen LogP contribution in [0.5, 0.6) is 0 Å². The molecule has 0 aliphatic carbocycles. The average molecular weight is 486 g/mol. The van der Waals surface area contributed by atoms with Crippen LogP contribution in [-0.2, 0) is 21.3 Å². The number of hydrogen-bond donors (Lipinski definition) is 0. The highest BCUT2D eigenvalue weighted by Gasteiger charge is 2.22. The molecule has 3 aromatic rings. The summed E-state index contributed by atoms with van der Waals surface area (Å²) in [7, 11) is -3.48. The van der Waals surface area contributed by atoms with Crippen molar-refractivity contribution in [2.75, 3.05) is 19.7 Å². The van der Waals surface area contributed by atoms with E-state index in [1.54, 1.807) is 23.5 Å². The number of benzene rings is 2. The summed E-state index contributed by atoms with van der Waals surface area (Å²) in [5.74, 6) is 0. The molecule has 33 heavy (non-hydrogen) atoms. The monoisotopic (exact) mass is 485 g/mol. The van der Waals surface area contributed by atoms with Gasteiger partial charge in [0.15, 0.2) is 4.80 Å². The maximum absolute atomic E-state index is 12.9. The van der Waals surface area contributed by atoms with E-state index in [1.807, 2.05) is 38.1 Å². The fraction of sp³-hybridized carbons (Fsp3) is 0.400. The Morgan fingerprint density at radius 3 is 2.39 bits per heavy atom. The van der Waals surface area contributed by atoms with E-state index >= 15 is 0 Å². The summed E-state index contributed by atoms with van der Waals surface area (Å²) in [6, 6.07) is 15.4. The van der Waals surface area contributed by atoms with Crippen molar-refractivity contribution >= 4 is 27.0 Å². The van der Waals surface area contributed by atoms with Crippen LogP contribution in [0.4, 0.5) is 5.69 Å². The van der Waals surface area contributed by atoms with E-state index in [2.05, 4.69) is 29.0 Å². The number of aromatic nitrogens is 1. The second-order valence-corrected chi connectivity index (χ2v) is 11.0. The number of hydrogen-bond acceptors (Lipinski definition) is 5. The molecule has 6 nitrogen and oxygen atoms in total. The van der Waals surface area contributed by atoms with Crippen LogP contribution in [-0.4, -0.2) is 43.1 Å². The summed E-state index contributed by atoms with van der Waals surface area (Å²) in [5, 5.41) is 2.09. The lowest BCUT2D eigenvalue weighted by molar-refractivity contribution is 0.0968. The van der Waals surface area contributed by atoms with Gasteiger partial charge in [0.2, 0.25) is 10.0 Å². The van der Waals surface area contributed by atoms with Crippen LogP contribution in [0.1, 0.15) is 32.3 Å². The third kappa shape index (κ3) is 5.30. The van der Waals surface area contributed by atoms with Gasteiger partial charge < -0.3 is 9.30 Å². The lowest BCUT2D eigenvalue weighted by Gasteiger charge is -2.18. The minimum atomic E-state index is -3.48. The number of rotatable bonds is 8. The van der Waals surface area contributed by atoms with Crippen LogP contribution < -0.4 is 4.80 Å². The van der Waals surface area contributed by atoms with Crippen molar-refractivity contribution in [2.24, 2.45) is 4.99 Å². The normalized spacial score (nSPS) is 17.2. The highest BCUT2D eigenvalue weighted by Crippen LogP contribution is 2.26. The Kier molecular flexibility index (Phi) is 7.48. The van der Waals surface area contributed by atoms with Crippen LogP contribution in [0.25, 0.3) is 11.3 Å². The average Bonchev–Trinajstić information content (AvgIpc) is 3.47. The molecule has 0 N–H and O–H groups in total. The van der Waals surface area contributed by atoms with Crippen molar-refractivity contribution in [3.8, 4) is 11.3 Å². The third-order valence-electron chi connectivity index (χ3n) is 5.96. The number of aryl methyl sites for hydroxylation is 1. The van der Waals surface area contributed by atoms with Gasteiger partial charge in [0.05, 0.1) is 28.9 Å². The maximum Gasteiger partial charge on any atom is 0.243 e. The van der Waals surface area contributed by atoms with Gasteiger partial charge in [-0.1, -0.05) is 43.7 Å². The summed E-state index contributed by atoms with van der Waals surface area (Å²) < 4.78 is 35.3. The minimum Gasteiger partial charge on any atom is -0.376 e. The molecule has 1 aromatic heterocycles. The Morgan fingerprint density at radius 2 is 1.79 bits per heavy atom. The molecule has 0 amide bonds. The van der Waals surface area contributed by atoms with Crippen LogP contribution in [0.15, 0.2) is 63.8 Å². The molecule has 1 unspecified atom stereocenters. The first-order valence-electron chi connectivity index (χ1n) is 11.4. The van der Waals surface area contributed by atoms with E-state index in [0.29, 0.717) is 18.0 Å². The van der Waals surface area contributed by atoms with Gasteiger partial charge >= 0.3 is 0 Å².